The SMILES string of the molecule is C=C.C=C/C(NSc1ccccc1Cl)=C(/F)C=C(C)C. The Bertz CT molecular complexity index is 505. The Labute approximate surface area is 130 Å². The molecule has 1 rings (SSSR count). The van der Waals surface area contributed by atoms with E-state index in [0.29, 0.717) is 10.7 Å². The quantitative estimate of drug-likeness (QED) is 0.402. The lowest BCUT2D eigenvalue weighted by molar-refractivity contribution is 0.652. The molecule has 0 heterocycles. The first kappa shape index (κ1) is 18.6. The van der Waals surface area contributed by atoms with Gasteiger partial charge in [0.2, 0.25) is 0 Å². The molecule has 4 heteroatoms. The number of hydrogen-bond acceptors (Lipinski definition) is 2. The Morgan fingerprint density at radius 2 is 1.90 bits per heavy atom. The molecule has 0 fully saturated rings. The van der Waals surface area contributed by atoms with Gasteiger partial charge in [-0.1, -0.05) is 35.9 Å². The van der Waals surface area contributed by atoms with Crippen LogP contribution in [0.3, 0.4) is 0 Å². The first-order chi connectivity index (χ1) is 9.54. The first-order valence-electron chi connectivity index (χ1n) is 5.89. The van der Waals surface area contributed by atoms with Gasteiger partial charge in [0.15, 0.2) is 0 Å². The molecule has 0 unspecified atom stereocenters. The highest BCUT2D eigenvalue weighted by molar-refractivity contribution is 7.97. The fraction of sp³-hybridized carbons (Fsp3) is 0.125. The lowest BCUT2D eigenvalue weighted by Crippen LogP contribution is -2.02. The molecule has 0 radical (unpaired) electrons. The van der Waals surface area contributed by atoms with Crippen LogP contribution in [-0.4, -0.2) is 0 Å². The highest BCUT2D eigenvalue weighted by Crippen LogP contribution is 2.26. The summed E-state index contributed by atoms with van der Waals surface area (Å²) in [5.41, 5.74) is 1.22. The van der Waals surface area contributed by atoms with Crippen molar-refractivity contribution in [3.63, 3.8) is 0 Å². The summed E-state index contributed by atoms with van der Waals surface area (Å²) >= 11 is 7.26. The van der Waals surface area contributed by atoms with Gasteiger partial charge in [-0.2, -0.15) is 0 Å². The van der Waals surface area contributed by atoms with Gasteiger partial charge >= 0.3 is 0 Å². The minimum Gasteiger partial charge on any atom is -0.323 e. The van der Waals surface area contributed by atoms with Gasteiger partial charge < -0.3 is 4.72 Å². The number of halogens is 2. The van der Waals surface area contributed by atoms with Crippen LogP contribution in [0, 0.1) is 0 Å². The Hall–Kier alpha value is -1.45. The Kier molecular flexibility index (Phi) is 9.60. The van der Waals surface area contributed by atoms with Crippen LogP contribution < -0.4 is 4.72 Å². The molecule has 0 aromatic heterocycles. The topological polar surface area (TPSA) is 12.0 Å². The van der Waals surface area contributed by atoms with Gasteiger partial charge in [0.25, 0.3) is 0 Å². The summed E-state index contributed by atoms with van der Waals surface area (Å²) in [6, 6.07) is 7.37. The van der Waals surface area contributed by atoms with E-state index in [1.165, 1.54) is 24.1 Å². The van der Waals surface area contributed by atoms with Crippen LogP contribution in [0.1, 0.15) is 13.8 Å². The summed E-state index contributed by atoms with van der Waals surface area (Å²) in [6.07, 6.45) is 2.90. The second-order valence-corrected chi connectivity index (χ2v) is 5.08. The molecule has 0 bridgehead atoms. The van der Waals surface area contributed by atoms with Gasteiger partial charge in [-0.05, 0) is 50.1 Å². The van der Waals surface area contributed by atoms with E-state index in [1.807, 2.05) is 32.0 Å². The van der Waals surface area contributed by atoms with Crippen molar-refractivity contribution in [2.24, 2.45) is 0 Å². The normalized spacial score (nSPS) is 10.6. The van der Waals surface area contributed by atoms with E-state index < -0.39 is 0 Å². The van der Waals surface area contributed by atoms with Crippen molar-refractivity contribution < 1.29 is 4.39 Å². The number of rotatable bonds is 5. The van der Waals surface area contributed by atoms with E-state index >= 15 is 0 Å². The van der Waals surface area contributed by atoms with Crippen LogP contribution in [0.2, 0.25) is 5.02 Å². The second-order valence-electron chi connectivity index (χ2n) is 3.82. The summed E-state index contributed by atoms with van der Waals surface area (Å²) in [4.78, 5) is 0.837. The van der Waals surface area contributed by atoms with Crippen molar-refractivity contribution in [3.8, 4) is 0 Å². The number of allylic oxidation sites excluding steroid dienone is 4. The van der Waals surface area contributed by atoms with E-state index in [4.69, 9.17) is 11.6 Å². The van der Waals surface area contributed by atoms with Crippen LogP contribution >= 0.6 is 23.5 Å². The predicted octanol–water partition coefficient (Wildman–Crippen LogP) is 6.07. The lowest BCUT2D eigenvalue weighted by Gasteiger charge is -2.08. The number of benzene rings is 1. The summed E-state index contributed by atoms with van der Waals surface area (Å²) < 4.78 is 16.7. The van der Waals surface area contributed by atoms with Crippen molar-refractivity contribution >= 4 is 23.5 Å². The summed E-state index contributed by atoms with van der Waals surface area (Å²) in [5, 5.41) is 0.626. The standard InChI is InChI=1S/C14H15ClFNS.C2H4/c1-4-13(12(16)9-10(2)3)17-18-14-8-6-5-7-11(14)15;1-2/h4-9,17H,1H2,2-3H3;1-2H2/b13-12-;. The predicted molar refractivity (Wildman–Crippen MR) is 89.5 cm³/mol. The van der Waals surface area contributed by atoms with Gasteiger partial charge in [-0.15, -0.1) is 13.2 Å². The molecular weight excluding hydrogens is 293 g/mol. The third kappa shape index (κ3) is 6.64. The van der Waals surface area contributed by atoms with Crippen LogP contribution in [0.5, 0.6) is 0 Å². The zero-order valence-corrected chi connectivity index (χ0v) is 13.3. The molecule has 0 atom stereocenters. The number of nitrogens with one attached hydrogen (secondary N) is 1. The Morgan fingerprint density at radius 3 is 2.40 bits per heavy atom. The molecule has 1 N–H and O–H groups in total. The molecule has 0 aliphatic heterocycles. The molecular formula is C16H19ClFNS. The molecule has 1 nitrogen and oxygen atoms in total. The van der Waals surface area contributed by atoms with Crippen LogP contribution in [0.25, 0.3) is 0 Å². The maximum Gasteiger partial charge on any atom is 0.147 e. The van der Waals surface area contributed by atoms with Gasteiger partial charge in [0, 0.05) is 4.90 Å². The van der Waals surface area contributed by atoms with E-state index in [2.05, 4.69) is 24.5 Å². The molecule has 0 spiro atoms. The number of hydrogen-bond donors (Lipinski definition) is 1. The van der Waals surface area contributed by atoms with Gasteiger partial charge in [0.05, 0.1) is 10.7 Å². The Balaban J connectivity index is 0.00000172. The molecule has 0 aliphatic rings. The van der Waals surface area contributed by atoms with Crippen LogP contribution in [0.15, 0.2) is 78.1 Å². The van der Waals surface area contributed by atoms with Crippen molar-refractivity contribution in [2.75, 3.05) is 0 Å². The highest BCUT2D eigenvalue weighted by atomic mass is 35.5. The monoisotopic (exact) mass is 311 g/mol. The van der Waals surface area contributed by atoms with Gasteiger partial charge in [-0.3, -0.25) is 0 Å². The minimum atomic E-state index is -0.343. The second kappa shape index (κ2) is 10.4. The molecule has 0 saturated heterocycles. The third-order valence-corrected chi connectivity index (χ3v) is 3.32. The van der Waals surface area contributed by atoms with Gasteiger partial charge in [0.1, 0.15) is 5.83 Å². The average Bonchev–Trinajstić information content (AvgIpc) is 2.43. The van der Waals surface area contributed by atoms with Crippen molar-refractivity contribution in [1.29, 1.82) is 0 Å². The zero-order valence-electron chi connectivity index (χ0n) is 11.7. The van der Waals surface area contributed by atoms with Crippen molar-refractivity contribution in [1.82, 2.24) is 4.72 Å². The maximum atomic E-state index is 13.7. The van der Waals surface area contributed by atoms with E-state index in [-0.39, 0.29) is 5.83 Å². The van der Waals surface area contributed by atoms with E-state index in [9.17, 15) is 4.39 Å². The summed E-state index contributed by atoms with van der Waals surface area (Å²) in [5.74, 6) is -0.343. The Morgan fingerprint density at radius 1 is 1.30 bits per heavy atom. The largest absolute Gasteiger partial charge is 0.323 e. The molecule has 0 aliphatic carbocycles. The summed E-state index contributed by atoms with van der Waals surface area (Å²) in [6.45, 7) is 13.3. The first-order valence-corrected chi connectivity index (χ1v) is 7.08. The van der Waals surface area contributed by atoms with Crippen LogP contribution in [-0.2, 0) is 0 Å². The molecule has 20 heavy (non-hydrogen) atoms. The van der Waals surface area contributed by atoms with E-state index in [1.54, 1.807) is 6.07 Å². The molecule has 1 aromatic rings. The average molecular weight is 312 g/mol. The fourth-order valence-corrected chi connectivity index (χ4v) is 2.12. The smallest absolute Gasteiger partial charge is 0.147 e. The summed E-state index contributed by atoms with van der Waals surface area (Å²) in [7, 11) is 0. The van der Waals surface area contributed by atoms with E-state index in [0.717, 1.165) is 10.5 Å². The lowest BCUT2D eigenvalue weighted by atomic mass is 10.2. The highest BCUT2D eigenvalue weighted by Gasteiger charge is 2.03. The molecule has 0 amide bonds. The third-order valence-electron chi connectivity index (χ3n) is 1.98. The van der Waals surface area contributed by atoms with Crippen molar-refractivity contribution in [3.05, 3.63) is 78.3 Å². The maximum absolute atomic E-state index is 13.7. The van der Waals surface area contributed by atoms with Crippen LogP contribution in [0.4, 0.5) is 4.39 Å². The minimum absolute atomic E-state index is 0.334. The molecule has 108 valence electrons. The van der Waals surface area contributed by atoms with Crippen molar-refractivity contribution in [2.45, 2.75) is 18.7 Å². The zero-order chi connectivity index (χ0) is 15.5. The molecule has 0 saturated carbocycles. The molecule has 1 aromatic carbocycles. The van der Waals surface area contributed by atoms with Gasteiger partial charge in [-0.25, -0.2) is 4.39 Å². The fourth-order valence-electron chi connectivity index (χ4n) is 1.16.